The number of halogens is 1. The van der Waals surface area contributed by atoms with E-state index in [0.717, 1.165) is 5.56 Å². The van der Waals surface area contributed by atoms with Crippen molar-refractivity contribution in [2.45, 2.75) is 13.5 Å². The first-order valence-electron chi connectivity index (χ1n) is 6.27. The van der Waals surface area contributed by atoms with Crippen LogP contribution in [0.5, 0.6) is 5.75 Å². The van der Waals surface area contributed by atoms with Gasteiger partial charge in [0.25, 0.3) is 5.91 Å². The lowest BCUT2D eigenvalue weighted by Crippen LogP contribution is -2.27. The van der Waals surface area contributed by atoms with Crippen LogP contribution in [0, 0.1) is 12.7 Å². The van der Waals surface area contributed by atoms with E-state index < -0.39 is 5.82 Å². The summed E-state index contributed by atoms with van der Waals surface area (Å²) in [7, 11) is 1.62. The van der Waals surface area contributed by atoms with Crippen LogP contribution in [0.25, 0.3) is 0 Å². The smallest absolute Gasteiger partial charge is 0.256 e. The summed E-state index contributed by atoms with van der Waals surface area (Å²) in [5, 5.41) is 9.21. The molecule has 0 saturated carbocycles. The van der Waals surface area contributed by atoms with Crippen LogP contribution in [0.4, 0.5) is 4.39 Å². The number of carbonyl (C=O) groups is 1. The molecule has 0 saturated heterocycles. The van der Waals surface area contributed by atoms with Gasteiger partial charge in [-0.15, -0.1) is 0 Å². The largest absolute Gasteiger partial charge is 0.508 e. The van der Waals surface area contributed by atoms with Crippen molar-refractivity contribution < 1.29 is 14.3 Å². The Balaban J connectivity index is 2.16. The predicted molar refractivity (Wildman–Crippen MR) is 75.0 cm³/mol. The highest BCUT2D eigenvalue weighted by Crippen LogP contribution is 2.16. The van der Waals surface area contributed by atoms with Gasteiger partial charge < -0.3 is 10.0 Å². The first-order valence-corrected chi connectivity index (χ1v) is 6.27. The van der Waals surface area contributed by atoms with Gasteiger partial charge in [0, 0.05) is 13.6 Å². The Labute approximate surface area is 117 Å². The summed E-state index contributed by atoms with van der Waals surface area (Å²) in [5.74, 6) is -0.665. The fourth-order valence-electron chi connectivity index (χ4n) is 1.97. The molecular formula is C16H16FNO2. The van der Waals surface area contributed by atoms with Gasteiger partial charge in [-0.05, 0) is 36.2 Å². The molecular weight excluding hydrogens is 257 g/mol. The normalized spacial score (nSPS) is 10.3. The summed E-state index contributed by atoms with van der Waals surface area (Å²) in [6, 6.07) is 11.4. The van der Waals surface area contributed by atoms with E-state index in [1.807, 2.05) is 0 Å². The van der Waals surface area contributed by atoms with E-state index >= 15 is 0 Å². The molecule has 0 heterocycles. The van der Waals surface area contributed by atoms with Gasteiger partial charge >= 0.3 is 0 Å². The molecule has 104 valence electrons. The zero-order chi connectivity index (χ0) is 14.7. The predicted octanol–water partition coefficient (Wildman–Crippen LogP) is 3.11. The highest BCUT2D eigenvalue weighted by molar-refractivity contribution is 5.94. The van der Waals surface area contributed by atoms with Crippen molar-refractivity contribution in [1.82, 2.24) is 4.90 Å². The average molecular weight is 273 g/mol. The van der Waals surface area contributed by atoms with E-state index in [4.69, 9.17) is 0 Å². The Hall–Kier alpha value is -2.36. The van der Waals surface area contributed by atoms with Crippen LogP contribution in [-0.4, -0.2) is 23.0 Å². The lowest BCUT2D eigenvalue weighted by molar-refractivity contribution is 0.0780. The number of carbonyl (C=O) groups excluding carboxylic acids is 1. The Morgan fingerprint density at radius 3 is 2.50 bits per heavy atom. The standard InChI is InChI=1S/C16H16FNO2/c1-11-4-3-5-14(15(11)17)16(20)18(2)10-12-6-8-13(19)9-7-12/h3-9,19H,10H2,1-2H3. The highest BCUT2D eigenvalue weighted by atomic mass is 19.1. The quantitative estimate of drug-likeness (QED) is 0.933. The lowest BCUT2D eigenvalue weighted by Gasteiger charge is -2.18. The van der Waals surface area contributed by atoms with Crippen LogP contribution >= 0.6 is 0 Å². The molecule has 0 aliphatic heterocycles. The summed E-state index contributed by atoms with van der Waals surface area (Å²) < 4.78 is 13.9. The van der Waals surface area contributed by atoms with Gasteiger partial charge in [-0.25, -0.2) is 4.39 Å². The maximum atomic E-state index is 13.9. The molecule has 20 heavy (non-hydrogen) atoms. The summed E-state index contributed by atoms with van der Waals surface area (Å²) >= 11 is 0. The number of phenolic OH excluding ortho intramolecular Hbond substituents is 1. The second-order valence-electron chi connectivity index (χ2n) is 4.76. The van der Waals surface area contributed by atoms with Gasteiger partial charge in [0.05, 0.1) is 5.56 Å². The molecule has 1 amide bonds. The number of phenols is 1. The van der Waals surface area contributed by atoms with E-state index in [-0.39, 0.29) is 17.2 Å². The second-order valence-corrected chi connectivity index (χ2v) is 4.76. The molecule has 2 aromatic carbocycles. The van der Waals surface area contributed by atoms with E-state index in [1.165, 1.54) is 11.0 Å². The van der Waals surface area contributed by atoms with Crippen molar-refractivity contribution >= 4 is 5.91 Å². The number of aryl methyl sites for hydroxylation is 1. The van der Waals surface area contributed by atoms with Gasteiger partial charge in [-0.2, -0.15) is 0 Å². The summed E-state index contributed by atoms with van der Waals surface area (Å²) in [6.45, 7) is 1.98. The van der Waals surface area contributed by atoms with Crippen molar-refractivity contribution in [2.24, 2.45) is 0 Å². The van der Waals surface area contributed by atoms with E-state index in [0.29, 0.717) is 12.1 Å². The van der Waals surface area contributed by atoms with Crippen LogP contribution in [0.3, 0.4) is 0 Å². The first-order chi connectivity index (χ1) is 9.49. The monoisotopic (exact) mass is 273 g/mol. The number of hydrogen-bond acceptors (Lipinski definition) is 2. The van der Waals surface area contributed by atoms with Gasteiger partial charge in [-0.3, -0.25) is 4.79 Å². The summed E-state index contributed by atoms with van der Waals surface area (Å²) in [5.41, 5.74) is 1.40. The van der Waals surface area contributed by atoms with Crippen LogP contribution in [0.1, 0.15) is 21.5 Å². The molecule has 0 bridgehead atoms. The Morgan fingerprint density at radius 2 is 1.85 bits per heavy atom. The lowest BCUT2D eigenvalue weighted by atomic mass is 10.1. The minimum atomic E-state index is -0.477. The Kier molecular flexibility index (Phi) is 4.03. The average Bonchev–Trinajstić information content (AvgIpc) is 2.43. The molecule has 0 unspecified atom stereocenters. The maximum Gasteiger partial charge on any atom is 0.256 e. The third-order valence-corrected chi connectivity index (χ3v) is 3.12. The first kappa shape index (κ1) is 14.1. The van der Waals surface area contributed by atoms with Gasteiger partial charge in [0.2, 0.25) is 0 Å². The van der Waals surface area contributed by atoms with Crippen molar-refractivity contribution in [2.75, 3.05) is 7.05 Å². The van der Waals surface area contributed by atoms with Gasteiger partial charge in [-0.1, -0.05) is 24.3 Å². The van der Waals surface area contributed by atoms with E-state index in [1.54, 1.807) is 50.4 Å². The molecule has 2 rings (SSSR count). The highest BCUT2D eigenvalue weighted by Gasteiger charge is 2.17. The van der Waals surface area contributed by atoms with Crippen LogP contribution in [-0.2, 0) is 6.54 Å². The van der Waals surface area contributed by atoms with Crippen molar-refractivity contribution in [3.8, 4) is 5.75 Å². The van der Waals surface area contributed by atoms with Crippen LogP contribution in [0.2, 0.25) is 0 Å². The Morgan fingerprint density at radius 1 is 1.20 bits per heavy atom. The molecule has 0 fully saturated rings. The molecule has 2 aromatic rings. The number of rotatable bonds is 3. The third-order valence-electron chi connectivity index (χ3n) is 3.12. The second kappa shape index (κ2) is 5.74. The molecule has 0 aliphatic carbocycles. The molecule has 3 nitrogen and oxygen atoms in total. The SMILES string of the molecule is Cc1cccc(C(=O)N(C)Cc2ccc(O)cc2)c1F. The number of benzene rings is 2. The van der Waals surface area contributed by atoms with Crippen molar-refractivity contribution in [3.63, 3.8) is 0 Å². The molecule has 0 spiro atoms. The molecule has 0 atom stereocenters. The molecule has 0 aromatic heterocycles. The van der Waals surface area contributed by atoms with Crippen LogP contribution < -0.4 is 0 Å². The van der Waals surface area contributed by atoms with Crippen molar-refractivity contribution in [1.29, 1.82) is 0 Å². The fraction of sp³-hybridized carbons (Fsp3) is 0.188. The number of nitrogens with zero attached hydrogens (tertiary/aromatic N) is 1. The fourth-order valence-corrected chi connectivity index (χ4v) is 1.97. The summed E-state index contributed by atoms with van der Waals surface area (Å²) in [4.78, 5) is 13.7. The molecule has 0 aliphatic rings. The zero-order valence-corrected chi connectivity index (χ0v) is 11.4. The topological polar surface area (TPSA) is 40.5 Å². The summed E-state index contributed by atoms with van der Waals surface area (Å²) in [6.07, 6.45) is 0. The number of hydrogen-bond donors (Lipinski definition) is 1. The zero-order valence-electron chi connectivity index (χ0n) is 11.4. The van der Waals surface area contributed by atoms with E-state index in [9.17, 15) is 14.3 Å². The number of amides is 1. The van der Waals surface area contributed by atoms with Crippen LogP contribution in [0.15, 0.2) is 42.5 Å². The Bertz CT molecular complexity index is 623. The third kappa shape index (κ3) is 2.96. The van der Waals surface area contributed by atoms with Gasteiger partial charge in [0.15, 0.2) is 0 Å². The molecule has 1 N–H and O–H groups in total. The maximum absolute atomic E-state index is 13.9. The number of aromatic hydroxyl groups is 1. The molecule has 4 heteroatoms. The van der Waals surface area contributed by atoms with Gasteiger partial charge in [0.1, 0.15) is 11.6 Å². The minimum absolute atomic E-state index is 0.0753. The molecule has 0 radical (unpaired) electrons. The minimum Gasteiger partial charge on any atom is -0.508 e. The van der Waals surface area contributed by atoms with Crippen molar-refractivity contribution in [3.05, 3.63) is 65.0 Å². The van der Waals surface area contributed by atoms with E-state index in [2.05, 4.69) is 0 Å².